The summed E-state index contributed by atoms with van der Waals surface area (Å²) in [5, 5.41) is 3.12. The highest BCUT2D eigenvalue weighted by Gasteiger charge is 2.08. The van der Waals surface area contributed by atoms with Crippen molar-refractivity contribution in [3.05, 3.63) is 29.8 Å². The molecule has 17 heavy (non-hydrogen) atoms. The molecule has 0 aromatic heterocycles. The molecule has 2 nitrogen and oxygen atoms in total. The second kappa shape index (κ2) is 7.64. The molecule has 0 saturated heterocycles. The lowest BCUT2D eigenvalue weighted by molar-refractivity contribution is -0.0504. The Bertz CT molecular complexity index is 396. The summed E-state index contributed by atoms with van der Waals surface area (Å²) in [5.74, 6) is 5.93. The predicted octanol–water partition coefficient (Wildman–Crippen LogP) is 2.79. The van der Waals surface area contributed by atoms with Gasteiger partial charge in [-0.15, -0.1) is 11.8 Å². The van der Waals surface area contributed by atoms with Gasteiger partial charge in [0.15, 0.2) is 0 Å². The van der Waals surface area contributed by atoms with Gasteiger partial charge in [-0.05, 0) is 13.0 Å². The van der Waals surface area contributed by atoms with Crippen LogP contribution in [-0.2, 0) is 6.54 Å². The highest BCUT2D eigenvalue weighted by Crippen LogP contribution is 2.19. The summed E-state index contributed by atoms with van der Waals surface area (Å²) in [6.07, 6.45) is 0.744. The number of rotatable bonds is 6. The minimum atomic E-state index is -2.79. The monoisotopic (exact) mass is 239 g/mol. The summed E-state index contributed by atoms with van der Waals surface area (Å²) < 4.78 is 28.7. The van der Waals surface area contributed by atoms with Gasteiger partial charge in [-0.1, -0.05) is 18.2 Å². The lowest BCUT2D eigenvalue weighted by Gasteiger charge is -2.10. The van der Waals surface area contributed by atoms with Gasteiger partial charge in [0.2, 0.25) is 0 Å². The van der Waals surface area contributed by atoms with Gasteiger partial charge in [0.1, 0.15) is 5.75 Å². The number of hydrogen-bond donors (Lipinski definition) is 1. The Morgan fingerprint density at radius 3 is 2.82 bits per heavy atom. The first-order valence-corrected chi connectivity index (χ1v) is 5.37. The SMILES string of the molecule is CC#CCCNCc1ccccc1OC(F)F. The molecule has 92 valence electrons. The van der Waals surface area contributed by atoms with Crippen molar-refractivity contribution in [2.45, 2.75) is 26.5 Å². The summed E-state index contributed by atoms with van der Waals surface area (Å²) in [4.78, 5) is 0. The quantitative estimate of drug-likeness (QED) is 0.609. The Kier molecular flexibility index (Phi) is 6.05. The average Bonchev–Trinajstić information content (AvgIpc) is 2.30. The summed E-state index contributed by atoms with van der Waals surface area (Å²) in [6, 6.07) is 6.76. The fraction of sp³-hybridized carbons (Fsp3) is 0.385. The highest BCUT2D eigenvalue weighted by atomic mass is 19.3. The van der Waals surface area contributed by atoms with E-state index in [-0.39, 0.29) is 5.75 Å². The van der Waals surface area contributed by atoms with Crippen LogP contribution in [0, 0.1) is 11.8 Å². The Labute approximate surface area is 100.0 Å². The van der Waals surface area contributed by atoms with Gasteiger partial charge in [0.05, 0.1) is 0 Å². The van der Waals surface area contributed by atoms with Crippen LogP contribution in [0.5, 0.6) is 5.75 Å². The van der Waals surface area contributed by atoms with Crippen LogP contribution in [0.3, 0.4) is 0 Å². The molecule has 0 aliphatic rings. The van der Waals surface area contributed by atoms with E-state index in [0.29, 0.717) is 6.54 Å². The molecule has 1 N–H and O–H groups in total. The number of nitrogens with one attached hydrogen (secondary N) is 1. The average molecular weight is 239 g/mol. The van der Waals surface area contributed by atoms with Crippen molar-refractivity contribution in [2.24, 2.45) is 0 Å². The molecule has 0 heterocycles. The maximum atomic E-state index is 12.1. The third-order valence-electron chi connectivity index (χ3n) is 2.11. The van der Waals surface area contributed by atoms with Crippen LogP contribution < -0.4 is 10.1 Å². The fourth-order valence-electron chi connectivity index (χ4n) is 1.36. The number of alkyl halides is 2. The first-order valence-electron chi connectivity index (χ1n) is 5.37. The molecule has 0 bridgehead atoms. The van der Waals surface area contributed by atoms with E-state index in [1.807, 2.05) is 0 Å². The molecule has 0 atom stereocenters. The van der Waals surface area contributed by atoms with Crippen LogP contribution in [-0.4, -0.2) is 13.2 Å². The molecule has 0 unspecified atom stereocenters. The Morgan fingerprint density at radius 2 is 2.12 bits per heavy atom. The van der Waals surface area contributed by atoms with Gasteiger partial charge in [-0.3, -0.25) is 0 Å². The van der Waals surface area contributed by atoms with Gasteiger partial charge in [0, 0.05) is 25.1 Å². The standard InChI is InChI=1S/C13H15F2NO/c1-2-3-6-9-16-10-11-7-4-5-8-12(11)17-13(14)15/h4-5,7-8,13,16H,6,9-10H2,1H3. The molecule has 0 radical (unpaired) electrons. The highest BCUT2D eigenvalue weighted by molar-refractivity contribution is 5.33. The van der Waals surface area contributed by atoms with Gasteiger partial charge in [0.25, 0.3) is 0 Å². The van der Waals surface area contributed by atoms with Crippen LogP contribution in [0.4, 0.5) is 8.78 Å². The van der Waals surface area contributed by atoms with Crippen molar-refractivity contribution in [1.82, 2.24) is 5.32 Å². The number of ether oxygens (including phenoxy) is 1. The third-order valence-corrected chi connectivity index (χ3v) is 2.11. The molecule has 0 spiro atoms. The molecule has 0 saturated carbocycles. The number of benzene rings is 1. The van der Waals surface area contributed by atoms with E-state index in [2.05, 4.69) is 21.9 Å². The van der Waals surface area contributed by atoms with Crippen LogP contribution >= 0.6 is 0 Å². The summed E-state index contributed by atoms with van der Waals surface area (Å²) in [7, 11) is 0. The van der Waals surface area contributed by atoms with Crippen LogP contribution in [0.1, 0.15) is 18.9 Å². The zero-order valence-corrected chi connectivity index (χ0v) is 9.67. The van der Waals surface area contributed by atoms with Gasteiger partial charge in [-0.2, -0.15) is 8.78 Å². The van der Waals surface area contributed by atoms with Gasteiger partial charge < -0.3 is 10.1 Å². The largest absolute Gasteiger partial charge is 0.434 e. The summed E-state index contributed by atoms with van der Waals surface area (Å²) in [5.41, 5.74) is 0.720. The topological polar surface area (TPSA) is 21.3 Å². The van der Waals surface area contributed by atoms with E-state index in [1.54, 1.807) is 25.1 Å². The van der Waals surface area contributed by atoms with Crippen molar-refractivity contribution in [2.75, 3.05) is 6.54 Å². The predicted molar refractivity (Wildman–Crippen MR) is 62.8 cm³/mol. The minimum absolute atomic E-state index is 0.219. The normalized spacial score (nSPS) is 9.88. The lowest BCUT2D eigenvalue weighted by Crippen LogP contribution is -2.15. The molecule has 0 amide bonds. The first-order chi connectivity index (χ1) is 8.24. The molecular formula is C13H15F2NO. The molecule has 4 heteroatoms. The summed E-state index contributed by atoms with van der Waals surface area (Å²) in [6.45, 7) is 0.214. The van der Waals surface area contributed by atoms with Gasteiger partial charge >= 0.3 is 6.61 Å². The smallest absolute Gasteiger partial charge is 0.387 e. The van der Waals surface area contributed by atoms with Crippen molar-refractivity contribution >= 4 is 0 Å². The van der Waals surface area contributed by atoms with E-state index in [4.69, 9.17) is 0 Å². The number of halogens is 2. The van der Waals surface area contributed by atoms with Crippen LogP contribution in [0.25, 0.3) is 0 Å². The number of para-hydroxylation sites is 1. The Morgan fingerprint density at radius 1 is 1.35 bits per heavy atom. The van der Waals surface area contributed by atoms with E-state index in [1.165, 1.54) is 6.07 Å². The third kappa shape index (κ3) is 5.32. The Hall–Kier alpha value is -1.60. The molecular weight excluding hydrogens is 224 g/mol. The van der Waals surface area contributed by atoms with Crippen molar-refractivity contribution in [1.29, 1.82) is 0 Å². The van der Waals surface area contributed by atoms with E-state index >= 15 is 0 Å². The minimum Gasteiger partial charge on any atom is -0.434 e. The zero-order chi connectivity index (χ0) is 12.5. The second-order valence-corrected chi connectivity index (χ2v) is 3.34. The van der Waals surface area contributed by atoms with Crippen molar-refractivity contribution in [3.63, 3.8) is 0 Å². The zero-order valence-electron chi connectivity index (χ0n) is 9.67. The van der Waals surface area contributed by atoms with Gasteiger partial charge in [-0.25, -0.2) is 0 Å². The lowest BCUT2D eigenvalue weighted by atomic mass is 10.2. The van der Waals surface area contributed by atoms with E-state index < -0.39 is 6.61 Å². The molecule has 0 aliphatic heterocycles. The molecule has 1 rings (SSSR count). The Balaban J connectivity index is 2.48. The number of hydrogen-bond acceptors (Lipinski definition) is 2. The first kappa shape index (κ1) is 13.5. The molecule has 1 aromatic rings. The summed E-state index contributed by atoms with van der Waals surface area (Å²) >= 11 is 0. The fourth-order valence-corrected chi connectivity index (χ4v) is 1.36. The molecule has 0 fully saturated rings. The second-order valence-electron chi connectivity index (χ2n) is 3.34. The maximum absolute atomic E-state index is 12.1. The van der Waals surface area contributed by atoms with Crippen molar-refractivity contribution in [3.8, 4) is 17.6 Å². The van der Waals surface area contributed by atoms with E-state index in [9.17, 15) is 8.78 Å². The molecule has 1 aromatic carbocycles. The maximum Gasteiger partial charge on any atom is 0.387 e. The van der Waals surface area contributed by atoms with Crippen LogP contribution in [0.2, 0.25) is 0 Å². The van der Waals surface area contributed by atoms with Crippen molar-refractivity contribution < 1.29 is 13.5 Å². The molecule has 0 aliphatic carbocycles. The van der Waals surface area contributed by atoms with E-state index in [0.717, 1.165) is 18.5 Å². The van der Waals surface area contributed by atoms with Crippen LogP contribution in [0.15, 0.2) is 24.3 Å².